The molecule has 6 nitrogen and oxygen atoms in total. The third-order valence-electron chi connectivity index (χ3n) is 5.06. The van der Waals surface area contributed by atoms with E-state index >= 15 is 0 Å². The number of amides is 2. The van der Waals surface area contributed by atoms with Crippen molar-refractivity contribution in [3.63, 3.8) is 0 Å². The van der Waals surface area contributed by atoms with Crippen molar-refractivity contribution in [2.45, 2.75) is 50.4 Å². The lowest BCUT2D eigenvalue weighted by molar-refractivity contribution is -0.274. The van der Waals surface area contributed by atoms with E-state index in [1.807, 2.05) is 0 Å². The van der Waals surface area contributed by atoms with Gasteiger partial charge in [-0.1, -0.05) is 6.07 Å². The number of nitriles is 1. The first-order chi connectivity index (χ1) is 15.9. The van der Waals surface area contributed by atoms with Crippen molar-refractivity contribution < 1.29 is 40.6 Å². The summed E-state index contributed by atoms with van der Waals surface area (Å²) in [6.45, 7) is 0. The Hall–Kier alpha value is -3.62. The standard InChI is InChI=1S/C22H19F6N3O3/c23-21(24,25)14-4-9-19(13(10-14)12-29)33-17-7-5-15(6-8-17)30-20(32)31-16-2-1-3-18(11-16)34-22(26,27)28/h1-4,9-11,15,17H,5-8H2,(H2,30,31,32). The minimum Gasteiger partial charge on any atom is -0.489 e. The molecule has 0 heterocycles. The van der Waals surface area contributed by atoms with Crippen LogP contribution >= 0.6 is 0 Å². The van der Waals surface area contributed by atoms with E-state index < -0.39 is 29.9 Å². The molecule has 1 aliphatic carbocycles. The molecule has 2 amide bonds. The molecule has 1 saturated carbocycles. The van der Waals surface area contributed by atoms with Crippen LogP contribution in [0.3, 0.4) is 0 Å². The van der Waals surface area contributed by atoms with Gasteiger partial charge >= 0.3 is 18.6 Å². The zero-order valence-electron chi connectivity index (χ0n) is 17.5. The zero-order chi connectivity index (χ0) is 24.9. The van der Waals surface area contributed by atoms with Gasteiger partial charge in [0.2, 0.25) is 0 Å². The molecule has 1 aliphatic rings. The van der Waals surface area contributed by atoms with Gasteiger partial charge in [0.05, 0.1) is 17.2 Å². The average molecular weight is 487 g/mol. The molecule has 0 bridgehead atoms. The number of urea groups is 1. The first kappa shape index (κ1) is 25.0. The van der Waals surface area contributed by atoms with Crippen LogP contribution in [0.4, 0.5) is 36.8 Å². The second kappa shape index (κ2) is 10.1. The van der Waals surface area contributed by atoms with Crippen LogP contribution < -0.4 is 20.1 Å². The number of halogens is 6. The van der Waals surface area contributed by atoms with Crippen LogP contribution in [0.5, 0.6) is 11.5 Å². The predicted octanol–water partition coefficient (Wildman–Crippen LogP) is 5.99. The van der Waals surface area contributed by atoms with Gasteiger partial charge in [0, 0.05) is 17.8 Å². The number of ether oxygens (including phenoxy) is 2. The Morgan fingerprint density at radius 1 is 1.00 bits per heavy atom. The Morgan fingerprint density at radius 3 is 2.32 bits per heavy atom. The first-order valence-corrected chi connectivity index (χ1v) is 10.1. The predicted molar refractivity (Wildman–Crippen MR) is 108 cm³/mol. The number of nitrogens with one attached hydrogen (secondary N) is 2. The van der Waals surface area contributed by atoms with Crippen molar-refractivity contribution in [2.75, 3.05) is 5.32 Å². The molecule has 2 aromatic carbocycles. The molecule has 3 rings (SSSR count). The summed E-state index contributed by atoms with van der Waals surface area (Å²) < 4.78 is 85.0. The molecule has 0 spiro atoms. The van der Waals surface area contributed by atoms with Gasteiger partial charge < -0.3 is 20.1 Å². The lowest BCUT2D eigenvalue weighted by Gasteiger charge is -2.29. The maximum absolute atomic E-state index is 12.8. The number of hydrogen-bond acceptors (Lipinski definition) is 4. The van der Waals surface area contributed by atoms with E-state index in [9.17, 15) is 31.1 Å². The van der Waals surface area contributed by atoms with Gasteiger partial charge in [-0.05, 0) is 56.0 Å². The third kappa shape index (κ3) is 7.19. The maximum atomic E-state index is 12.8. The molecule has 0 unspecified atom stereocenters. The lowest BCUT2D eigenvalue weighted by Crippen LogP contribution is -2.41. The molecule has 0 aromatic heterocycles. The Morgan fingerprint density at radius 2 is 1.71 bits per heavy atom. The fourth-order valence-corrected chi connectivity index (χ4v) is 3.52. The van der Waals surface area contributed by atoms with Crippen LogP contribution in [-0.4, -0.2) is 24.5 Å². The maximum Gasteiger partial charge on any atom is 0.573 e. The molecular weight excluding hydrogens is 468 g/mol. The van der Waals surface area contributed by atoms with Crippen molar-refractivity contribution in [3.8, 4) is 17.6 Å². The van der Waals surface area contributed by atoms with Crippen LogP contribution in [0.15, 0.2) is 42.5 Å². The highest BCUT2D eigenvalue weighted by atomic mass is 19.4. The second-order valence-corrected chi connectivity index (χ2v) is 7.59. The average Bonchev–Trinajstić information content (AvgIpc) is 2.73. The Bertz CT molecular complexity index is 1060. The van der Waals surface area contributed by atoms with Crippen LogP contribution in [0.2, 0.25) is 0 Å². The van der Waals surface area contributed by atoms with Crippen LogP contribution in [0.1, 0.15) is 36.8 Å². The van der Waals surface area contributed by atoms with Gasteiger partial charge in [-0.2, -0.15) is 18.4 Å². The van der Waals surface area contributed by atoms with Crippen molar-refractivity contribution in [1.29, 1.82) is 5.26 Å². The molecule has 0 aliphatic heterocycles. The lowest BCUT2D eigenvalue weighted by atomic mass is 9.93. The zero-order valence-corrected chi connectivity index (χ0v) is 17.5. The van der Waals surface area contributed by atoms with E-state index in [1.165, 1.54) is 12.1 Å². The molecule has 0 radical (unpaired) electrons. The van der Waals surface area contributed by atoms with Crippen molar-refractivity contribution >= 4 is 11.7 Å². The molecule has 2 N–H and O–H groups in total. The fourth-order valence-electron chi connectivity index (χ4n) is 3.52. The normalized spacial score (nSPS) is 18.5. The number of benzene rings is 2. The molecule has 2 aromatic rings. The highest BCUT2D eigenvalue weighted by molar-refractivity contribution is 5.89. The molecular formula is C22H19F6N3O3. The highest BCUT2D eigenvalue weighted by Gasteiger charge is 2.32. The summed E-state index contributed by atoms with van der Waals surface area (Å²) in [4.78, 5) is 12.2. The van der Waals surface area contributed by atoms with E-state index in [0.29, 0.717) is 25.7 Å². The van der Waals surface area contributed by atoms with Crippen LogP contribution in [0, 0.1) is 11.3 Å². The summed E-state index contributed by atoms with van der Waals surface area (Å²) in [7, 11) is 0. The van der Waals surface area contributed by atoms with E-state index in [0.717, 1.165) is 30.3 Å². The van der Waals surface area contributed by atoms with Gasteiger partial charge in [-0.25, -0.2) is 4.79 Å². The Balaban J connectivity index is 1.50. The first-order valence-electron chi connectivity index (χ1n) is 10.1. The third-order valence-corrected chi connectivity index (χ3v) is 5.06. The topological polar surface area (TPSA) is 83.4 Å². The summed E-state index contributed by atoms with van der Waals surface area (Å²) >= 11 is 0. The number of anilines is 1. The number of carbonyl (C=O) groups is 1. The molecule has 0 atom stereocenters. The summed E-state index contributed by atoms with van der Waals surface area (Å²) in [5.74, 6) is -0.409. The Labute approximate surface area is 190 Å². The monoisotopic (exact) mass is 487 g/mol. The van der Waals surface area contributed by atoms with Gasteiger partial charge in [-0.3, -0.25) is 0 Å². The van der Waals surface area contributed by atoms with Crippen molar-refractivity contribution in [1.82, 2.24) is 5.32 Å². The quantitative estimate of drug-likeness (QED) is 0.508. The number of nitrogens with zero attached hydrogens (tertiary/aromatic N) is 1. The number of rotatable bonds is 5. The summed E-state index contributed by atoms with van der Waals surface area (Å²) in [5.41, 5.74) is -1.04. The summed E-state index contributed by atoms with van der Waals surface area (Å²) in [6.07, 6.45) is -7.81. The van der Waals surface area contributed by atoms with E-state index in [2.05, 4.69) is 15.4 Å². The van der Waals surface area contributed by atoms with Crippen molar-refractivity contribution in [3.05, 3.63) is 53.6 Å². The van der Waals surface area contributed by atoms with Gasteiger partial charge in [0.15, 0.2) is 0 Å². The summed E-state index contributed by atoms with van der Waals surface area (Å²) in [5, 5.41) is 14.3. The largest absolute Gasteiger partial charge is 0.573 e. The number of hydrogen-bond donors (Lipinski definition) is 2. The van der Waals surface area contributed by atoms with E-state index in [4.69, 9.17) is 10.00 Å². The molecule has 12 heteroatoms. The minimum absolute atomic E-state index is 0.0607. The molecule has 182 valence electrons. The van der Waals surface area contributed by atoms with Crippen LogP contribution in [0.25, 0.3) is 0 Å². The number of alkyl halides is 6. The fraction of sp³-hybridized carbons (Fsp3) is 0.364. The van der Waals surface area contributed by atoms with Gasteiger partial charge in [0.1, 0.15) is 17.6 Å². The van der Waals surface area contributed by atoms with E-state index in [1.54, 1.807) is 6.07 Å². The Kier molecular flexibility index (Phi) is 7.44. The van der Waals surface area contributed by atoms with Crippen molar-refractivity contribution in [2.24, 2.45) is 0 Å². The molecule has 0 saturated heterocycles. The smallest absolute Gasteiger partial charge is 0.489 e. The minimum atomic E-state index is -4.85. The van der Waals surface area contributed by atoms with Gasteiger partial charge in [0.25, 0.3) is 0 Å². The van der Waals surface area contributed by atoms with E-state index in [-0.39, 0.29) is 29.1 Å². The number of carbonyl (C=O) groups excluding carboxylic acids is 1. The SMILES string of the molecule is N#Cc1cc(C(F)(F)F)ccc1OC1CCC(NC(=O)Nc2cccc(OC(F)(F)F)c2)CC1. The highest BCUT2D eigenvalue weighted by Crippen LogP contribution is 2.34. The summed E-state index contributed by atoms with van der Waals surface area (Å²) in [6, 6.07) is 8.42. The van der Waals surface area contributed by atoms with Gasteiger partial charge in [-0.15, -0.1) is 13.2 Å². The molecule has 34 heavy (non-hydrogen) atoms. The second-order valence-electron chi connectivity index (χ2n) is 7.59. The molecule has 1 fully saturated rings. The van der Waals surface area contributed by atoms with Crippen LogP contribution in [-0.2, 0) is 6.18 Å².